The van der Waals surface area contributed by atoms with E-state index in [9.17, 15) is 0 Å². The number of para-hydroxylation sites is 2. The van der Waals surface area contributed by atoms with E-state index in [2.05, 4.69) is 10.4 Å². The van der Waals surface area contributed by atoms with Gasteiger partial charge in [0, 0.05) is 16.7 Å². The number of methoxy groups -OCH3 is 2. The Kier molecular flexibility index (Phi) is 5.45. The molecule has 0 saturated heterocycles. The summed E-state index contributed by atoms with van der Waals surface area (Å²) in [6.07, 6.45) is 0. The van der Waals surface area contributed by atoms with Gasteiger partial charge in [-0.2, -0.15) is 0 Å². The van der Waals surface area contributed by atoms with Gasteiger partial charge in [-0.15, -0.1) is 11.3 Å². The molecule has 0 aliphatic rings. The molecule has 142 valence electrons. The van der Waals surface area contributed by atoms with Gasteiger partial charge in [-0.1, -0.05) is 23.9 Å². The van der Waals surface area contributed by atoms with Crippen molar-refractivity contribution >= 4 is 34.1 Å². The summed E-state index contributed by atoms with van der Waals surface area (Å²) in [5.41, 5.74) is 4.82. The number of aromatic nitrogens is 3. The Morgan fingerprint density at radius 3 is 2.43 bits per heavy atom. The molecule has 0 unspecified atom stereocenters. The van der Waals surface area contributed by atoms with E-state index in [1.54, 1.807) is 37.3 Å². The van der Waals surface area contributed by atoms with Crippen LogP contribution >= 0.6 is 23.1 Å². The van der Waals surface area contributed by atoms with Crippen molar-refractivity contribution < 1.29 is 9.47 Å². The minimum absolute atomic E-state index is 0.702. The van der Waals surface area contributed by atoms with Crippen molar-refractivity contribution in [2.45, 2.75) is 17.7 Å². The van der Waals surface area contributed by atoms with Crippen LogP contribution in [0.3, 0.4) is 0 Å². The van der Waals surface area contributed by atoms with Crippen molar-refractivity contribution in [2.24, 2.45) is 0 Å². The molecular weight excluding hydrogens is 390 g/mol. The maximum absolute atomic E-state index is 5.39. The molecule has 28 heavy (non-hydrogen) atoms. The number of hydrogen-bond acceptors (Lipinski definition) is 7. The Morgan fingerprint density at radius 1 is 0.929 bits per heavy atom. The second-order valence-electron chi connectivity index (χ2n) is 6.11. The minimum atomic E-state index is 0.702. The predicted molar refractivity (Wildman–Crippen MR) is 114 cm³/mol. The highest BCUT2D eigenvalue weighted by Gasteiger charge is 2.11. The lowest BCUT2D eigenvalue weighted by atomic mass is 10.2. The van der Waals surface area contributed by atoms with E-state index in [0.29, 0.717) is 11.5 Å². The maximum Gasteiger partial charge on any atom is 0.161 e. The molecule has 0 N–H and O–H groups in total. The van der Waals surface area contributed by atoms with Crippen molar-refractivity contribution in [3.8, 4) is 22.1 Å². The average molecular weight is 410 g/mol. The number of nitrogens with zero attached hydrogens (tertiary/aromatic N) is 3. The van der Waals surface area contributed by atoms with E-state index < -0.39 is 0 Å². The fourth-order valence-electron chi connectivity index (χ4n) is 2.83. The lowest BCUT2D eigenvalue weighted by molar-refractivity contribution is 0.355. The third-order valence-corrected chi connectivity index (χ3v) is 6.28. The summed E-state index contributed by atoms with van der Waals surface area (Å²) in [5, 5.41) is 3.99. The van der Waals surface area contributed by atoms with Crippen LogP contribution in [-0.2, 0) is 5.75 Å². The van der Waals surface area contributed by atoms with Gasteiger partial charge in [0.1, 0.15) is 10.0 Å². The van der Waals surface area contributed by atoms with Gasteiger partial charge in [-0.3, -0.25) is 0 Å². The van der Waals surface area contributed by atoms with Gasteiger partial charge in [0.05, 0.1) is 36.6 Å². The largest absolute Gasteiger partial charge is 0.493 e. The Hall–Kier alpha value is -2.64. The average Bonchev–Trinajstić information content (AvgIpc) is 3.20. The Labute approximate surface area is 171 Å². The van der Waals surface area contributed by atoms with Crippen LogP contribution in [0.1, 0.15) is 11.4 Å². The fourth-order valence-corrected chi connectivity index (χ4v) is 4.60. The van der Waals surface area contributed by atoms with E-state index in [1.807, 2.05) is 49.4 Å². The zero-order valence-electron chi connectivity index (χ0n) is 15.8. The molecular formula is C21H19N3O2S2. The summed E-state index contributed by atoms with van der Waals surface area (Å²) >= 11 is 3.28. The number of thiazole rings is 1. The van der Waals surface area contributed by atoms with Crippen LogP contribution in [0.4, 0.5) is 0 Å². The number of hydrogen-bond donors (Lipinski definition) is 0. The minimum Gasteiger partial charge on any atom is -0.493 e. The molecule has 0 saturated carbocycles. The van der Waals surface area contributed by atoms with Crippen LogP contribution in [0.25, 0.3) is 21.6 Å². The van der Waals surface area contributed by atoms with Gasteiger partial charge < -0.3 is 9.47 Å². The summed E-state index contributed by atoms with van der Waals surface area (Å²) in [6, 6.07) is 13.8. The van der Waals surface area contributed by atoms with Crippen LogP contribution in [0.5, 0.6) is 11.5 Å². The molecule has 0 radical (unpaired) electrons. The second-order valence-corrected chi connectivity index (χ2v) is 7.93. The van der Waals surface area contributed by atoms with Crippen molar-refractivity contribution in [2.75, 3.05) is 14.2 Å². The SMILES string of the molecule is COc1ccc(-c2nc(CSc3nc4ccccc4nc3C)cs2)cc1OC. The number of thioether (sulfide) groups is 1. The Bertz CT molecular complexity index is 1130. The molecule has 2 heterocycles. The first-order valence-electron chi connectivity index (χ1n) is 8.71. The van der Waals surface area contributed by atoms with Crippen molar-refractivity contribution in [1.29, 1.82) is 0 Å². The molecule has 0 atom stereocenters. The lowest BCUT2D eigenvalue weighted by Crippen LogP contribution is -1.93. The van der Waals surface area contributed by atoms with Crippen LogP contribution in [0.15, 0.2) is 52.9 Å². The first-order valence-corrected chi connectivity index (χ1v) is 10.6. The molecule has 0 fully saturated rings. The highest BCUT2D eigenvalue weighted by atomic mass is 32.2. The molecule has 0 spiro atoms. The molecule has 0 aliphatic heterocycles. The highest BCUT2D eigenvalue weighted by molar-refractivity contribution is 7.98. The maximum atomic E-state index is 5.39. The van der Waals surface area contributed by atoms with Crippen molar-refractivity contribution in [1.82, 2.24) is 15.0 Å². The highest BCUT2D eigenvalue weighted by Crippen LogP contribution is 2.34. The smallest absolute Gasteiger partial charge is 0.161 e. The number of fused-ring (bicyclic) bond motifs is 1. The predicted octanol–water partition coefficient (Wildman–Crippen LogP) is 5.37. The van der Waals surface area contributed by atoms with Crippen LogP contribution in [0.2, 0.25) is 0 Å². The molecule has 0 bridgehead atoms. The standard InChI is InChI=1S/C21H19N3O2S2/c1-13-20(24-17-7-5-4-6-16(17)22-13)27-11-15-12-28-21(23-15)14-8-9-18(25-2)19(10-14)26-3/h4-10,12H,11H2,1-3H3. The molecule has 4 rings (SSSR count). The summed E-state index contributed by atoms with van der Waals surface area (Å²) < 4.78 is 10.7. The fraction of sp³-hybridized carbons (Fsp3) is 0.190. The van der Waals surface area contributed by atoms with E-state index in [1.165, 1.54) is 0 Å². The lowest BCUT2D eigenvalue weighted by Gasteiger charge is -2.08. The van der Waals surface area contributed by atoms with Gasteiger partial charge in [-0.05, 0) is 37.3 Å². The van der Waals surface area contributed by atoms with E-state index in [0.717, 1.165) is 43.8 Å². The molecule has 5 nitrogen and oxygen atoms in total. The first-order chi connectivity index (χ1) is 13.7. The van der Waals surface area contributed by atoms with Gasteiger partial charge in [-0.25, -0.2) is 15.0 Å². The van der Waals surface area contributed by atoms with E-state index in [4.69, 9.17) is 19.4 Å². The molecule has 7 heteroatoms. The van der Waals surface area contributed by atoms with Crippen LogP contribution in [-0.4, -0.2) is 29.2 Å². The summed E-state index contributed by atoms with van der Waals surface area (Å²) in [7, 11) is 3.27. The summed E-state index contributed by atoms with van der Waals surface area (Å²) in [6.45, 7) is 2.00. The third kappa shape index (κ3) is 3.81. The molecule has 0 aliphatic carbocycles. The van der Waals surface area contributed by atoms with Crippen LogP contribution in [0, 0.1) is 6.92 Å². The molecule has 2 aromatic heterocycles. The molecule has 4 aromatic rings. The number of rotatable bonds is 6. The van der Waals surface area contributed by atoms with E-state index in [-0.39, 0.29) is 0 Å². The van der Waals surface area contributed by atoms with Crippen molar-refractivity contribution in [3.05, 3.63) is 59.2 Å². The topological polar surface area (TPSA) is 57.1 Å². The summed E-state index contributed by atoms with van der Waals surface area (Å²) in [5.74, 6) is 2.16. The summed E-state index contributed by atoms with van der Waals surface area (Å²) in [4.78, 5) is 14.2. The Balaban J connectivity index is 1.52. The van der Waals surface area contributed by atoms with Crippen molar-refractivity contribution in [3.63, 3.8) is 0 Å². The molecule has 2 aromatic carbocycles. The first kappa shape index (κ1) is 18.7. The monoisotopic (exact) mass is 409 g/mol. The zero-order valence-corrected chi connectivity index (χ0v) is 17.4. The Morgan fingerprint density at radius 2 is 1.68 bits per heavy atom. The number of ether oxygens (including phenoxy) is 2. The van der Waals surface area contributed by atoms with Gasteiger partial charge >= 0.3 is 0 Å². The number of benzene rings is 2. The third-order valence-electron chi connectivity index (χ3n) is 4.24. The normalized spacial score (nSPS) is 11.0. The number of aryl methyl sites for hydroxylation is 1. The second kappa shape index (κ2) is 8.16. The van der Waals surface area contributed by atoms with Gasteiger partial charge in [0.2, 0.25) is 0 Å². The molecule has 0 amide bonds. The van der Waals surface area contributed by atoms with Gasteiger partial charge in [0.15, 0.2) is 11.5 Å². The van der Waals surface area contributed by atoms with Crippen LogP contribution < -0.4 is 9.47 Å². The quantitative estimate of drug-likeness (QED) is 0.399. The van der Waals surface area contributed by atoms with Gasteiger partial charge in [0.25, 0.3) is 0 Å². The zero-order chi connectivity index (χ0) is 19.5. The van der Waals surface area contributed by atoms with E-state index >= 15 is 0 Å².